The molecule has 1 aliphatic rings. The molecule has 1 aliphatic heterocycles. The van der Waals surface area contributed by atoms with E-state index in [0.717, 1.165) is 18.8 Å². The summed E-state index contributed by atoms with van der Waals surface area (Å²) in [6.07, 6.45) is 3.02. The van der Waals surface area contributed by atoms with E-state index < -0.39 is 0 Å². The second-order valence-electron chi connectivity index (χ2n) is 5.24. The van der Waals surface area contributed by atoms with Gasteiger partial charge in [0.1, 0.15) is 5.82 Å². The van der Waals surface area contributed by atoms with Crippen LogP contribution in [0.1, 0.15) is 17.2 Å². The molecule has 0 amide bonds. The lowest BCUT2D eigenvalue weighted by Crippen LogP contribution is -2.38. The first-order valence-electron chi connectivity index (χ1n) is 7.46. The van der Waals surface area contributed by atoms with Gasteiger partial charge in [-0.1, -0.05) is 60.7 Å². The van der Waals surface area contributed by atoms with Crippen LogP contribution in [-0.4, -0.2) is 12.5 Å². The first-order chi connectivity index (χ1) is 10.8. The fourth-order valence-electron chi connectivity index (χ4n) is 2.48. The second-order valence-corrected chi connectivity index (χ2v) is 5.24. The van der Waals surface area contributed by atoms with Crippen LogP contribution in [0.3, 0.4) is 0 Å². The summed E-state index contributed by atoms with van der Waals surface area (Å²) in [6, 6.07) is 20.7. The first kappa shape index (κ1) is 14.2. The quantitative estimate of drug-likeness (QED) is 0.792. The van der Waals surface area contributed by atoms with Gasteiger partial charge >= 0.3 is 0 Å². The van der Waals surface area contributed by atoms with Crippen molar-refractivity contribution in [2.24, 2.45) is 10.7 Å². The number of guanidine groups is 1. The Hall–Kier alpha value is -2.75. The smallest absolute Gasteiger partial charge is 0.195 e. The van der Waals surface area contributed by atoms with Gasteiger partial charge in [0.2, 0.25) is 0 Å². The van der Waals surface area contributed by atoms with Gasteiger partial charge in [0.25, 0.3) is 0 Å². The third kappa shape index (κ3) is 3.67. The van der Waals surface area contributed by atoms with Gasteiger partial charge in [-0.15, -0.1) is 0 Å². The minimum absolute atomic E-state index is 0.0536. The molecule has 1 unspecified atom stereocenters. The Morgan fingerprint density at radius 3 is 2.41 bits per heavy atom. The number of nitrogens with zero attached hydrogens (tertiary/aromatic N) is 1. The highest BCUT2D eigenvalue weighted by Crippen LogP contribution is 2.18. The zero-order chi connectivity index (χ0) is 15.2. The summed E-state index contributed by atoms with van der Waals surface area (Å²) < 4.78 is 0. The van der Waals surface area contributed by atoms with Gasteiger partial charge in [0, 0.05) is 6.54 Å². The van der Waals surface area contributed by atoms with Gasteiger partial charge in [0.05, 0.1) is 6.04 Å². The number of nitrogens with one attached hydrogen (secondary N) is 2. The van der Waals surface area contributed by atoms with Crippen LogP contribution in [0, 0.1) is 0 Å². The van der Waals surface area contributed by atoms with Crippen molar-refractivity contribution in [1.29, 1.82) is 0 Å². The van der Waals surface area contributed by atoms with Crippen molar-refractivity contribution in [1.82, 2.24) is 10.6 Å². The van der Waals surface area contributed by atoms with E-state index in [4.69, 9.17) is 5.73 Å². The average molecular weight is 292 g/mol. The highest BCUT2D eigenvalue weighted by Gasteiger charge is 2.15. The van der Waals surface area contributed by atoms with Crippen molar-refractivity contribution in [3.63, 3.8) is 0 Å². The summed E-state index contributed by atoms with van der Waals surface area (Å²) in [7, 11) is 0. The SMILES string of the molecule is NC1=NC(NCCc2ccccc2)=CC(c2ccccc2)N1. The Morgan fingerprint density at radius 1 is 1.00 bits per heavy atom. The van der Waals surface area contributed by atoms with Crippen LogP contribution in [-0.2, 0) is 6.42 Å². The van der Waals surface area contributed by atoms with E-state index in [0.29, 0.717) is 5.96 Å². The molecule has 0 radical (unpaired) electrons. The monoisotopic (exact) mass is 292 g/mol. The van der Waals surface area contributed by atoms with Crippen LogP contribution in [0.4, 0.5) is 0 Å². The van der Waals surface area contributed by atoms with E-state index in [9.17, 15) is 0 Å². The highest BCUT2D eigenvalue weighted by atomic mass is 15.2. The lowest BCUT2D eigenvalue weighted by Gasteiger charge is -2.22. The molecular formula is C18H20N4. The molecule has 0 aromatic heterocycles. The van der Waals surface area contributed by atoms with Crippen LogP contribution in [0.5, 0.6) is 0 Å². The fraction of sp³-hybridized carbons (Fsp3) is 0.167. The van der Waals surface area contributed by atoms with Crippen molar-refractivity contribution in [2.45, 2.75) is 12.5 Å². The van der Waals surface area contributed by atoms with Crippen molar-refractivity contribution in [3.05, 3.63) is 83.7 Å². The summed E-state index contributed by atoms with van der Waals surface area (Å²) >= 11 is 0. The molecule has 0 spiro atoms. The average Bonchev–Trinajstić information content (AvgIpc) is 2.56. The molecule has 112 valence electrons. The van der Waals surface area contributed by atoms with E-state index in [2.05, 4.69) is 58.1 Å². The molecule has 1 heterocycles. The Kier molecular flexibility index (Phi) is 4.39. The zero-order valence-electron chi connectivity index (χ0n) is 12.4. The Balaban J connectivity index is 1.63. The fourth-order valence-corrected chi connectivity index (χ4v) is 2.48. The Labute approximate surface area is 130 Å². The minimum atomic E-state index is 0.0536. The molecule has 0 fully saturated rings. The molecule has 1 atom stereocenters. The van der Waals surface area contributed by atoms with E-state index in [1.165, 1.54) is 11.1 Å². The standard InChI is InChI=1S/C18H20N4/c19-18-21-16(15-9-5-2-6-10-15)13-17(22-18)20-12-11-14-7-3-1-4-8-14/h1-10,13,16,20H,11-12H2,(H3,19,21,22). The van der Waals surface area contributed by atoms with Crippen molar-refractivity contribution >= 4 is 5.96 Å². The maximum absolute atomic E-state index is 5.89. The number of rotatable bonds is 5. The van der Waals surface area contributed by atoms with Crippen molar-refractivity contribution in [2.75, 3.05) is 6.54 Å². The lowest BCUT2D eigenvalue weighted by atomic mass is 10.1. The van der Waals surface area contributed by atoms with Crippen LogP contribution in [0.2, 0.25) is 0 Å². The summed E-state index contributed by atoms with van der Waals surface area (Å²) in [5, 5.41) is 6.54. The largest absolute Gasteiger partial charge is 0.370 e. The molecule has 4 nitrogen and oxygen atoms in total. The van der Waals surface area contributed by atoms with Crippen LogP contribution < -0.4 is 16.4 Å². The molecule has 22 heavy (non-hydrogen) atoms. The lowest BCUT2D eigenvalue weighted by molar-refractivity contribution is 0.704. The third-order valence-corrected chi connectivity index (χ3v) is 3.59. The molecule has 2 aromatic rings. The molecule has 4 heteroatoms. The molecule has 4 N–H and O–H groups in total. The van der Waals surface area contributed by atoms with Crippen molar-refractivity contribution < 1.29 is 0 Å². The normalized spacial score (nSPS) is 17.2. The van der Waals surface area contributed by atoms with Crippen molar-refractivity contribution in [3.8, 4) is 0 Å². The number of hydrogen-bond donors (Lipinski definition) is 3. The van der Waals surface area contributed by atoms with E-state index >= 15 is 0 Å². The van der Waals surface area contributed by atoms with Gasteiger partial charge in [-0.05, 0) is 23.6 Å². The Bertz CT molecular complexity index is 662. The maximum Gasteiger partial charge on any atom is 0.195 e. The highest BCUT2D eigenvalue weighted by molar-refractivity contribution is 5.80. The second kappa shape index (κ2) is 6.80. The summed E-state index contributed by atoms with van der Waals surface area (Å²) in [5.41, 5.74) is 8.37. The molecular weight excluding hydrogens is 272 g/mol. The number of nitrogens with two attached hydrogens (primary N) is 1. The summed E-state index contributed by atoms with van der Waals surface area (Å²) in [5.74, 6) is 1.26. The van der Waals surface area contributed by atoms with E-state index in [1.807, 2.05) is 24.3 Å². The van der Waals surface area contributed by atoms with E-state index in [1.54, 1.807) is 0 Å². The molecule has 0 bridgehead atoms. The van der Waals surface area contributed by atoms with Gasteiger partial charge in [-0.25, -0.2) is 0 Å². The predicted molar refractivity (Wildman–Crippen MR) is 90.2 cm³/mol. The van der Waals surface area contributed by atoms with Gasteiger partial charge in [-0.3, -0.25) is 0 Å². The van der Waals surface area contributed by atoms with Gasteiger partial charge in [-0.2, -0.15) is 4.99 Å². The summed E-state index contributed by atoms with van der Waals surface area (Å²) in [6.45, 7) is 0.828. The molecule has 0 aliphatic carbocycles. The minimum Gasteiger partial charge on any atom is -0.370 e. The number of hydrogen-bond acceptors (Lipinski definition) is 4. The van der Waals surface area contributed by atoms with Gasteiger partial charge < -0.3 is 16.4 Å². The number of benzene rings is 2. The topological polar surface area (TPSA) is 62.4 Å². The predicted octanol–water partition coefficient (Wildman–Crippen LogP) is 2.32. The molecule has 0 saturated heterocycles. The number of aliphatic imine (C=N–C) groups is 1. The van der Waals surface area contributed by atoms with Gasteiger partial charge in [0.15, 0.2) is 5.96 Å². The maximum atomic E-state index is 5.89. The third-order valence-electron chi connectivity index (χ3n) is 3.59. The summed E-state index contributed by atoms with van der Waals surface area (Å²) in [4.78, 5) is 4.32. The van der Waals surface area contributed by atoms with Crippen LogP contribution in [0.25, 0.3) is 0 Å². The molecule has 0 saturated carbocycles. The molecule has 2 aromatic carbocycles. The zero-order valence-corrected chi connectivity index (χ0v) is 12.4. The Morgan fingerprint density at radius 2 is 1.68 bits per heavy atom. The van der Waals surface area contributed by atoms with Crippen LogP contribution >= 0.6 is 0 Å². The van der Waals surface area contributed by atoms with Crippen LogP contribution in [0.15, 0.2) is 77.6 Å². The van der Waals surface area contributed by atoms with E-state index in [-0.39, 0.29) is 6.04 Å². The first-order valence-corrected chi connectivity index (χ1v) is 7.46. The molecule has 3 rings (SSSR count).